The molecule has 1 N–H and O–H groups in total. The van der Waals surface area contributed by atoms with Gasteiger partial charge in [0, 0.05) is 49.1 Å². The van der Waals surface area contributed by atoms with Crippen LogP contribution in [0.3, 0.4) is 0 Å². The normalized spacial score (nSPS) is 20.3. The number of hydrogen-bond acceptors (Lipinski definition) is 10. The van der Waals surface area contributed by atoms with Crippen molar-refractivity contribution in [2.24, 2.45) is 11.3 Å². The largest absolute Gasteiger partial charge is 0.496 e. The van der Waals surface area contributed by atoms with Crippen LogP contribution in [-0.2, 0) is 31.6 Å². The number of rotatable bonds is 13. The van der Waals surface area contributed by atoms with Crippen LogP contribution < -0.4 is 24.0 Å². The van der Waals surface area contributed by atoms with Gasteiger partial charge in [-0.25, -0.2) is 13.6 Å². The van der Waals surface area contributed by atoms with Crippen LogP contribution in [0.1, 0.15) is 59.6 Å². The molecule has 8 rings (SSSR count). The highest BCUT2D eigenvalue weighted by Gasteiger charge is 2.46. The number of likely N-dealkylation sites (tertiary alicyclic amines) is 1. The van der Waals surface area contributed by atoms with E-state index >= 15 is 22.0 Å². The fraction of sp³-hybridized carbons (Fsp3) is 0.440. The number of nitriles is 1. The van der Waals surface area contributed by atoms with Gasteiger partial charge in [-0.15, -0.1) is 0 Å². The van der Waals surface area contributed by atoms with Gasteiger partial charge in [0.15, 0.2) is 5.82 Å². The van der Waals surface area contributed by atoms with E-state index < -0.39 is 152 Å². The first kappa shape index (κ1) is 54.6. The molecule has 1 amide bonds. The van der Waals surface area contributed by atoms with Gasteiger partial charge >= 0.3 is 30.6 Å². The average Bonchev–Trinajstić information content (AvgIpc) is 3.62. The summed E-state index contributed by atoms with van der Waals surface area (Å²) in [6, 6.07) is 6.24. The van der Waals surface area contributed by atoms with Gasteiger partial charge in [-0.3, -0.25) is 9.29 Å². The quantitative estimate of drug-likeness (QED) is 0.113. The number of piperazine rings is 1. The number of amides is 1. The van der Waals surface area contributed by atoms with E-state index in [9.17, 15) is 45.9 Å². The Hall–Kier alpha value is -6.61. The van der Waals surface area contributed by atoms with Crippen molar-refractivity contribution in [2.45, 2.75) is 69.9 Å². The van der Waals surface area contributed by atoms with Gasteiger partial charge in [0.2, 0.25) is 0 Å². The Morgan fingerprint density at radius 2 is 1.44 bits per heavy atom. The van der Waals surface area contributed by atoms with Gasteiger partial charge in [-0.1, -0.05) is 30.7 Å². The third-order valence-corrected chi connectivity index (χ3v) is 14.5. The molecule has 25 heteroatoms. The highest BCUT2D eigenvalue weighted by atomic mass is 35.5. The Morgan fingerprint density at radius 3 is 1.93 bits per heavy atom. The topological polar surface area (TPSA) is 128 Å². The maximum atomic E-state index is 17.9. The number of carboxylic acid groups (broad SMARTS) is 1. The summed E-state index contributed by atoms with van der Waals surface area (Å²) in [5, 5.41) is 19.2. The number of fused-ring (bicyclic) bond motifs is 3. The molecule has 3 saturated heterocycles. The van der Waals surface area contributed by atoms with E-state index in [-0.39, 0.29) is 36.6 Å². The molecule has 0 aliphatic carbocycles. The average molecular weight is 1090 g/mol. The molecule has 75 heavy (non-hydrogen) atoms. The maximum Gasteiger partial charge on any atom is 0.419 e. The minimum atomic E-state index is -5.60. The summed E-state index contributed by atoms with van der Waals surface area (Å²) < 4.78 is 198. The number of nitrogens with zero attached hydrogens (tertiary/aromatic N) is 7. The first-order valence-corrected chi connectivity index (χ1v) is 23.5. The van der Waals surface area contributed by atoms with Crippen molar-refractivity contribution in [2.75, 3.05) is 70.5 Å². The highest BCUT2D eigenvalue weighted by molar-refractivity contribution is 6.32. The third-order valence-electron chi connectivity index (χ3n) is 14.2. The summed E-state index contributed by atoms with van der Waals surface area (Å²) in [5.74, 6) is -5.51. The lowest BCUT2D eigenvalue weighted by Crippen LogP contribution is -2.55. The van der Waals surface area contributed by atoms with E-state index in [0.717, 1.165) is 43.4 Å². The molecule has 4 aromatic carbocycles. The van der Waals surface area contributed by atoms with Crippen molar-refractivity contribution in [3.05, 3.63) is 98.6 Å². The Balaban J connectivity index is 1.36. The summed E-state index contributed by atoms with van der Waals surface area (Å²) in [5.41, 5.74) is -11.7. The van der Waals surface area contributed by atoms with Gasteiger partial charge in [0.25, 0.3) is 0 Å². The number of piperidine rings is 1. The lowest BCUT2D eigenvalue weighted by molar-refractivity contribution is -0.139. The second-order valence-corrected chi connectivity index (χ2v) is 19.5. The monoisotopic (exact) mass is 1090 g/mol. The van der Waals surface area contributed by atoms with Crippen molar-refractivity contribution in [3.63, 3.8) is 0 Å². The fourth-order valence-corrected chi connectivity index (χ4v) is 10.9. The summed E-state index contributed by atoms with van der Waals surface area (Å²) in [7, 11) is 3.73. The lowest BCUT2D eigenvalue weighted by Gasteiger charge is -2.43. The first-order chi connectivity index (χ1) is 35.2. The van der Waals surface area contributed by atoms with E-state index in [4.69, 9.17) is 25.8 Å². The molecule has 4 heterocycles. The molecular formula is C50H46ClF12N7O5. The van der Waals surface area contributed by atoms with Crippen LogP contribution in [0.2, 0.25) is 5.02 Å². The summed E-state index contributed by atoms with van der Waals surface area (Å²) >= 11 is 6.44. The van der Waals surface area contributed by atoms with Crippen molar-refractivity contribution in [3.8, 4) is 34.7 Å². The molecule has 3 fully saturated rings. The minimum absolute atomic E-state index is 0.0482. The summed E-state index contributed by atoms with van der Waals surface area (Å²) in [6.45, 7) is -0.0250. The zero-order chi connectivity index (χ0) is 54.7. The Labute approximate surface area is 425 Å². The van der Waals surface area contributed by atoms with Crippen LogP contribution in [0, 0.1) is 34.3 Å². The van der Waals surface area contributed by atoms with Crippen molar-refractivity contribution >= 4 is 40.1 Å². The molecule has 3 aliphatic rings. The van der Waals surface area contributed by atoms with Crippen LogP contribution in [0.15, 0.2) is 48.5 Å². The number of benzene rings is 4. The molecule has 5 aromatic rings. The zero-order valence-corrected chi connectivity index (χ0v) is 41.0. The second kappa shape index (κ2) is 20.5. The van der Waals surface area contributed by atoms with Crippen molar-refractivity contribution in [1.82, 2.24) is 19.8 Å². The van der Waals surface area contributed by atoms with Gasteiger partial charge < -0.3 is 34.0 Å². The minimum Gasteiger partial charge on any atom is -0.496 e. The molecule has 3 aliphatic heterocycles. The number of carbonyl (C=O) groups is 1. The number of aromatic nitrogens is 2. The molecule has 0 unspecified atom stereocenters. The Morgan fingerprint density at radius 1 is 0.867 bits per heavy atom. The molecule has 0 spiro atoms. The van der Waals surface area contributed by atoms with Crippen LogP contribution in [0.25, 0.3) is 22.0 Å². The second-order valence-electron chi connectivity index (χ2n) is 19.1. The molecule has 4 atom stereocenters. The molecule has 1 aromatic heterocycles. The molecule has 12 nitrogen and oxygen atoms in total. The van der Waals surface area contributed by atoms with E-state index in [1.807, 2.05) is 11.9 Å². The zero-order valence-electron chi connectivity index (χ0n) is 40.3. The van der Waals surface area contributed by atoms with Crippen molar-refractivity contribution in [1.29, 1.82) is 5.26 Å². The predicted octanol–water partition coefficient (Wildman–Crippen LogP) is 12.0. The molecule has 2 bridgehead atoms. The fourth-order valence-electron chi connectivity index (χ4n) is 10.6. The Kier molecular flexibility index (Phi) is 14.9. The first-order valence-electron chi connectivity index (χ1n) is 23.1. The van der Waals surface area contributed by atoms with Crippen LogP contribution in [0.5, 0.6) is 17.5 Å². The standard InChI is InChI=1S/C50H46ClF12N7O5/c1-47(23-67(2)12-11-27(47)17-52)24-75-45-65-43-30(44(66-45)69-21-28-7-8-29(22-69)70(28)46(71)72)15-35(53)40(42(43)54)39-31(18-64)36(16-34(51)41(39)50(61,62)63)68(19-25-5-9-37(73-3)32(13-25)48(55,56)57)20-26-6-10-38(74-4)33(14-26)49(58,59)60/h5-6,9-10,13-16,27-29H,7-8,11-12,17,19-24H2,1-4H3,(H,71,72)/t27-,28-,29+,47+/m1/s1. The van der Waals surface area contributed by atoms with Crippen LogP contribution >= 0.6 is 11.6 Å². The summed E-state index contributed by atoms with van der Waals surface area (Å²) in [4.78, 5) is 26.6. The predicted molar refractivity (Wildman–Crippen MR) is 250 cm³/mol. The van der Waals surface area contributed by atoms with Gasteiger partial charge in [0.05, 0.1) is 78.1 Å². The maximum absolute atomic E-state index is 17.9. The molecule has 0 saturated carbocycles. The van der Waals surface area contributed by atoms with E-state index in [1.165, 1.54) is 4.90 Å². The number of ether oxygens (including phenoxy) is 3. The Bertz CT molecular complexity index is 2980. The SMILES string of the molecule is COc1ccc(CN(Cc2ccc(OC)c(C(F)(F)F)c2)c2cc(Cl)c(C(F)(F)F)c(-c3c(F)cc4c(N5C[C@H]6CC[C@@H](C5)N6C(=O)O)nc(OC[C@]5(C)CN(C)CC[C@@H]5CF)nc4c3F)c2C#N)cc1C(F)(F)F. The van der Waals surface area contributed by atoms with Gasteiger partial charge in [-0.05, 0) is 86.3 Å². The number of anilines is 2. The van der Waals surface area contributed by atoms with Crippen LogP contribution in [-0.4, -0.2) is 104 Å². The molecule has 0 radical (unpaired) electrons. The number of methoxy groups -OCH3 is 2. The van der Waals surface area contributed by atoms with Crippen LogP contribution in [0.4, 0.5) is 69.0 Å². The van der Waals surface area contributed by atoms with Crippen molar-refractivity contribution < 1.29 is 76.8 Å². The number of hydrogen-bond donors (Lipinski definition) is 1. The van der Waals surface area contributed by atoms with Gasteiger partial charge in [0.1, 0.15) is 34.7 Å². The van der Waals surface area contributed by atoms with E-state index in [1.54, 1.807) is 17.9 Å². The van der Waals surface area contributed by atoms with E-state index in [0.29, 0.717) is 56.6 Å². The van der Waals surface area contributed by atoms with E-state index in [2.05, 4.69) is 9.97 Å². The number of alkyl halides is 10. The number of halogens is 13. The molecular weight excluding hydrogens is 1040 g/mol. The van der Waals surface area contributed by atoms with Gasteiger partial charge in [-0.2, -0.15) is 54.7 Å². The summed E-state index contributed by atoms with van der Waals surface area (Å²) in [6.07, 6.45) is -15.6. The lowest BCUT2D eigenvalue weighted by atomic mass is 9.73. The molecule has 402 valence electrons. The smallest absolute Gasteiger partial charge is 0.419 e. The third kappa shape index (κ3) is 10.7. The highest BCUT2D eigenvalue weighted by Crippen LogP contribution is 2.50.